The lowest BCUT2D eigenvalue weighted by molar-refractivity contribution is -0.400. The molecule has 178 valence electrons. The second kappa shape index (κ2) is 10.4. The van der Waals surface area contributed by atoms with E-state index in [1.54, 1.807) is 25.1 Å². The molecule has 0 radical (unpaired) electrons. The molecule has 0 spiro atoms. The summed E-state index contributed by atoms with van der Waals surface area (Å²) in [4.78, 5) is 32.8. The van der Waals surface area contributed by atoms with Crippen LogP contribution < -0.4 is 5.32 Å². The van der Waals surface area contributed by atoms with Crippen LogP contribution in [0.15, 0.2) is 36.4 Å². The molecule has 1 heterocycles. The van der Waals surface area contributed by atoms with Gasteiger partial charge in [0.2, 0.25) is 6.29 Å². The van der Waals surface area contributed by atoms with Gasteiger partial charge in [-0.25, -0.2) is 14.0 Å². The number of carbonyl (C=O) groups is 2. The summed E-state index contributed by atoms with van der Waals surface area (Å²) in [5, 5.41) is 41.3. The molecule has 0 aromatic heterocycles. The van der Waals surface area contributed by atoms with Crippen LogP contribution >= 0.6 is 11.6 Å². The number of carboxylic acid groups (broad SMARTS) is 1. The van der Waals surface area contributed by atoms with Crippen LogP contribution in [0, 0.1) is 12.7 Å². The topological polar surface area (TPSA) is 155 Å². The lowest BCUT2D eigenvalue weighted by Crippen LogP contribution is -2.60. The molecule has 0 amide bonds. The summed E-state index contributed by atoms with van der Waals surface area (Å²) in [5.74, 6) is -3.18. The summed E-state index contributed by atoms with van der Waals surface area (Å²) in [6.45, 7) is 1.77. The third-order valence-corrected chi connectivity index (χ3v) is 5.18. The van der Waals surface area contributed by atoms with Crippen molar-refractivity contribution in [1.82, 2.24) is 0 Å². The SMILES string of the molecule is Cc1ccc(Nc2c(F)cccc2Cl)c(CC(=O)OO[C@@H]2O[C@H](C(=O)O)[C@@H](O)[C@H](O)[C@H]2O)c1. The molecule has 0 unspecified atom stereocenters. The molecule has 2 aromatic rings. The molecule has 5 N–H and O–H groups in total. The highest BCUT2D eigenvalue weighted by atomic mass is 35.5. The average molecular weight is 486 g/mol. The fourth-order valence-corrected chi connectivity index (χ4v) is 3.37. The normalized spacial score (nSPS) is 24.8. The number of hydrogen-bond acceptors (Lipinski definition) is 9. The standard InChI is InChI=1S/C21H21ClFNO9/c1-9-5-6-13(24-15-11(22)3-2-4-12(15)23)10(7-9)8-14(25)32-33-21-18(28)16(26)17(27)19(31-21)20(29)30/h2-7,16-19,21,24,26-28H,8H2,1H3,(H,29,30)/t16-,17-,18+,19-,21-/m0/s1. The number of carbonyl (C=O) groups excluding carboxylic acids is 1. The van der Waals surface area contributed by atoms with Gasteiger partial charge in [0.15, 0.2) is 6.10 Å². The van der Waals surface area contributed by atoms with Crippen molar-refractivity contribution < 1.29 is 48.9 Å². The molecule has 0 bridgehead atoms. The molecule has 5 atom stereocenters. The fraction of sp³-hybridized carbons (Fsp3) is 0.333. The summed E-state index contributed by atoms with van der Waals surface area (Å²) in [7, 11) is 0. The number of halogens is 2. The van der Waals surface area contributed by atoms with Gasteiger partial charge in [0.25, 0.3) is 0 Å². The Balaban J connectivity index is 1.69. The maximum atomic E-state index is 14.1. The number of rotatable bonds is 7. The molecule has 2 aromatic carbocycles. The summed E-state index contributed by atoms with van der Waals surface area (Å²) in [6.07, 6.45) is -9.86. The zero-order chi connectivity index (χ0) is 24.3. The Morgan fingerprint density at radius 2 is 1.88 bits per heavy atom. The van der Waals surface area contributed by atoms with Gasteiger partial charge in [-0.2, -0.15) is 0 Å². The van der Waals surface area contributed by atoms with Crippen LogP contribution in [0.2, 0.25) is 5.02 Å². The highest BCUT2D eigenvalue weighted by Crippen LogP contribution is 2.30. The van der Waals surface area contributed by atoms with E-state index in [4.69, 9.17) is 26.3 Å². The van der Waals surface area contributed by atoms with E-state index in [2.05, 4.69) is 10.2 Å². The highest BCUT2D eigenvalue weighted by molar-refractivity contribution is 6.33. The van der Waals surface area contributed by atoms with Crippen molar-refractivity contribution in [2.75, 3.05) is 5.32 Å². The van der Waals surface area contributed by atoms with Gasteiger partial charge in [-0.1, -0.05) is 35.4 Å². The minimum Gasteiger partial charge on any atom is -0.479 e. The average Bonchev–Trinajstić information content (AvgIpc) is 2.75. The Labute approximate surface area is 192 Å². The molecule has 3 rings (SSSR count). The van der Waals surface area contributed by atoms with Crippen LogP contribution in [-0.4, -0.2) is 63.1 Å². The van der Waals surface area contributed by atoms with Crippen molar-refractivity contribution in [3.05, 3.63) is 58.4 Å². The van der Waals surface area contributed by atoms with E-state index in [9.17, 15) is 29.3 Å². The number of anilines is 2. The quantitative estimate of drug-likeness (QED) is 0.287. The van der Waals surface area contributed by atoms with Crippen molar-refractivity contribution in [2.24, 2.45) is 0 Å². The number of aliphatic hydroxyl groups excluding tert-OH is 3. The number of benzene rings is 2. The molecule has 1 saturated heterocycles. The van der Waals surface area contributed by atoms with Crippen LogP contribution in [0.1, 0.15) is 11.1 Å². The fourth-order valence-electron chi connectivity index (χ4n) is 3.16. The van der Waals surface area contributed by atoms with Crippen molar-refractivity contribution in [3.8, 4) is 0 Å². The van der Waals surface area contributed by atoms with E-state index in [0.717, 1.165) is 5.56 Å². The minimum atomic E-state index is -1.92. The van der Waals surface area contributed by atoms with Crippen molar-refractivity contribution in [3.63, 3.8) is 0 Å². The van der Waals surface area contributed by atoms with E-state index in [1.165, 1.54) is 18.2 Å². The molecule has 33 heavy (non-hydrogen) atoms. The van der Waals surface area contributed by atoms with E-state index in [1.807, 2.05) is 0 Å². The number of para-hydroxylation sites is 1. The molecular weight excluding hydrogens is 465 g/mol. The van der Waals surface area contributed by atoms with Gasteiger partial charge >= 0.3 is 11.9 Å². The number of aliphatic carboxylic acids is 1. The van der Waals surface area contributed by atoms with Gasteiger partial charge < -0.3 is 30.5 Å². The first-order chi connectivity index (χ1) is 15.6. The number of aryl methyl sites for hydroxylation is 1. The first kappa shape index (κ1) is 24.8. The smallest absolute Gasteiger partial charge is 0.346 e. The molecule has 0 saturated carbocycles. The van der Waals surface area contributed by atoms with E-state index in [-0.39, 0.29) is 17.1 Å². The molecule has 1 aliphatic heterocycles. The highest BCUT2D eigenvalue weighted by Gasteiger charge is 2.48. The van der Waals surface area contributed by atoms with Gasteiger partial charge in [-0.3, -0.25) is 4.89 Å². The monoisotopic (exact) mass is 485 g/mol. The van der Waals surface area contributed by atoms with Crippen molar-refractivity contribution in [1.29, 1.82) is 0 Å². The van der Waals surface area contributed by atoms with Crippen LogP contribution in [0.3, 0.4) is 0 Å². The van der Waals surface area contributed by atoms with Crippen LogP contribution in [0.4, 0.5) is 15.8 Å². The maximum absolute atomic E-state index is 14.1. The predicted molar refractivity (Wildman–Crippen MR) is 111 cm³/mol. The Morgan fingerprint density at radius 3 is 2.55 bits per heavy atom. The molecule has 10 nitrogen and oxygen atoms in total. The zero-order valence-electron chi connectivity index (χ0n) is 17.1. The first-order valence-corrected chi connectivity index (χ1v) is 10.1. The van der Waals surface area contributed by atoms with Crippen LogP contribution in [0.5, 0.6) is 0 Å². The summed E-state index contributed by atoms with van der Waals surface area (Å²) in [6, 6.07) is 9.15. The predicted octanol–water partition coefficient (Wildman–Crippen LogP) is 1.44. The van der Waals surface area contributed by atoms with Gasteiger partial charge in [-0.05, 0) is 30.7 Å². The second-order valence-electron chi connectivity index (χ2n) is 7.35. The van der Waals surface area contributed by atoms with E-state index >= 15 is 0 Å². The molecule has 12 heteroatoms. The van der Waals surface area contributed by atoms with Gasteiger partial charge in [0.1, 0.15) is 24.1 Å². The van der Waals surface area contributed by atoms with Gasteiger partial charge in [0, 0.05) is 5.69 Å². The number of hydrogen-bond donors (Lipinski definition) is 5. The third kappa shape index (κ3) is 5.77. The number of aliphatic hydroxyl groups is 3. The summed E-state index contributed by atoms with van der Waals surface area (Å²) >= 11 is 6.04. The minimum absolute atomic E-state index is 0.0138. The van der Waals surface area contributed by atoms with E-state index < -0.39 is 48.5 Å². The lowest BCUT2D eigenvalue weighted by Gasteiger charge is -2.37. The molecule has 0 aliphatic carbocycles. The first-order valence-electron chi connectivity index (χ1n) is 9.67. The Bertz CT molecular complexity index is 1020. The largest absolute Gasteiger partial charge is 0.479 e. The summed E-state index contributed by atoms with van der Waals surface area (Å²) in [5.41, 5.74) is 1.56. The van der Waals surface area contributed by atoms with Crippen LogP contribution in [0.25, 0.3) is 0 Å². The number of nitrogens with one attached hydrogen (secondary N) is 1. The van der Waals surface area contributed by atoms with Gasteiger partial charge in [0.05, 0.1) is 17.1 Å². The maximum Gasteiger partial charge on any atom is 0.346 e. The van der Waals surface area contributed by atoms with Crippen LogP contribution in [-0.2, 0) is 30.5 Å². The lowest BCUT2D eigenvalue weighted by atomic mass is 9.99. The molecule has 1 fully saturated rings. The van der Waals surface area contributed by atoms with Gasteiger partial charge in [-0.15, -0.1) is 4.89 Å². The zero-order valence-corrected chi connectivity index (χ0v) is 17.9. The second-order valence-corrected chi connectivity index (χ2v) is 7.75. The number of carboxylic acids is 1. The van der Waals surface area contributed by atoms with Crippen molar-refractivity contribution >= 4 is 34.9 Å². The Morgan fingerprint density at radius 1 is 1.15 bits per heavy atom. The van der Waals surface area contributed by atoms with Crippen molar-refractivity contribution in [2.45, 2.75) is 44.1 Å². The molecule has 1 aliphatic rings. The van der Waals surface area contributed by atoms with E-state index in [0.29, 0.717) is 11.3 Å². The Kier molecular flexibility index (Phi) is 7.84. The Hall–Kier alpha value is -2.80. The number of ether oxygens (including phenoxy) is 1. The molecular formula is C21H21ClFNO9. The summed E-state index contributed by atoms with van der Waals surface area (Å²) < 4.78 is 19.0. The third-order valence-electron chi connectivity index (χ3n) is 4.87.